The molecular weight excluding hydrogens is 312 g/mol. The molecule has 0 aliphatic heterocycles. The molecule has 2 amide bonds. The lowest BCUT2D eigenvalue weighted by Gasteiger charge is -2.35. The zero-order valence-electron chi connectivity index (χ0n) is 15.7. The van der Waals surface area contributed by atoms with E-state index in [4.69, 9.17) is 0 Å². The number of hydrogen-bond acceptors (Lipinski definition) is 3. The highest BCUT2D eigenvalue weighted by Crippen LogP contribution is 2.25. The summed E-state index contributed by atoms with van der Waals surface area (Å²) in [6.07, 6.45) is 7.29. The van der Waals surface area contributed by atoms with E-state index in [0.29, 0.717) is 24.2 Å². The summed E-state index contributed by atoms with van der Waals surface area (Å²) in [5.41, 5.74) is 2.11. The largest absolute Gasteiger partial charge is 0.335 e. The highest BCUT2D eigenvalue weighted by Gasteiger charge is 2.25. The summed E-state index contributed by atoms with van der Waals surface area (Å²) in [4.78, 5) is 14.1. The van der Waals surface area contributed by atoms with Gasteiger partial charge in [-0.2, -0.15) is 0 Å². The molecule has 0 heterocycles. The molecule has 0 aromatic heterocycles. The molecule has 0 unspecified atom stereocenters. The van der Waals surface area contributed by atoms with Crippen LogP contribution in [0.1, 0.15) is 57.1 Å². The zero-order chi connectivity index (χ0) is 17.8. The van der Waals surface area contributed by atoms with Crippen LogP contribution in [0.3, 0.4) is 0 Å². The number of nitrogens with zero attached hydrogens (tertiary/aromatic N) is 1. The molecule has 5 heteroatoms. The van der Waals surface area contributed by atoms with Crippen LogP contribution >= 0.6 is 0 Å². The van der Waals surface area contributed by atoms with Crippen molar-refractivity contribution in [1.82, 2.24) is 15.5 Å². The van der Waals surface area contributed by atoms with Crippen LogP contribution < -0.4 is 16.0 Å². The molecule has 0 spiro atoms. The van der Waals surface area contributed by atoms with Crippen molar-refractivity contribution in [3.05, 3.63) is 29.8 Å². The predicted molar refractivity (Wildman–Crippen MR) is 103 cm³/mol. The van der Waals surface area contributed by atoms with Crippen LogP contribution in [0.15, 0.2) is 24.3 Å². The van der Waals surface area contributed by atoms with Gasteiger partial charge >= 0.3 is 6.03 Å². The molecule has 0 bridgehead atoms. The van der Waals surface area contributed by atoms with E-state index in [1.54, 1.807) is 0 Å². The van der Waals surface area contributed by atoms with Crippen LogP contribution in [0.2, 0.25) is 0 Å². The minimum absolute atomic E-state index is 0.0987. The summed E-state index contributed by atoms with van der Waals surface area (Å²) in [6, 6.07) is 10.1. The number of carbonyl (C=O) groups excluding carboxylic acids is 1. The molecule has 2 aliphatic rings. The summed E-state index contributed by atoms with van der Waals surface area (Å²) in [5, 5.41) is 9.63. The fraction of sp³-hybridized carbons (Fsp3) is 0.650. The van der Waals surface area contributed by atoms with Crippen LogP contribution in [0, 0.1) is 0 Å². The molecule has 25 heavy (non-hydrogen) atoms. The Morgan fingerprint density at radius 1 is 1.08 bits per heavy atom. The first-order chi connectivity index (χ1) is 12.0. The first-order valence-corrected chi connectivity index (χ1v) is 9.61. The molecule has 2 saturated carbocycles. The molecule has 0 saturated heterocycles. The van der Waals surface area contributed by atoms with Gasteiger partial charge in [0, 0.05) is 29.9 Å². The first kappa shape index (κ1) is 18.2. The molecule has 138 valence electrons. The fourth-order valence-corrected chi connectivity index (χ4v) is 3.67. The van der Waals surface area contributed by atoms with Crippen molar-refractivity contribution >= 4 is 11.7 Å². The van der Waals surface area contributed by atoms with E-state index < -0.39 is 0 Å². The van der Waals surface area contributed by atoms with E-state index in [9.17, 15) is 4.79 Å². The van der Waals surface area contributed by atoms with Crippen molar-refractivity contribution in [1.29, 1.82) is 0 Å². The molecule has 3 rings (SSSR count). The van der Waals surface area contributed by atoms with E-state index in [2.05, 4.69) is 54.0 Å². The predicted octanol–water partition coefficient (Wildman–Crippen LogP) is 3.49. The van der Waals surface area contributed by atoms with Crippen LogP contribution in [0.4, 0.5) is 10.5 Å². The minimum atomic E-state index is -0.0987. The van der Waals surface area contributed by atoms with Gasteiger partial charge in [-0.25, -0.2) is 4.79 Å². The number of rotatable bonds is 6. The van der Waals surface area contributed by atoms with Crippen molar-refractivity contribution in [3.8, 4) is 0 Å². The lowest BCUT2D eigenvalue weighted by atomic mass is 9.89. The van der Waals surface area contributed by atoms with Gasteiger partial charge in [0.25, 0.3) is 0 Å². The van der Waals surface area contributed by atoms with Crippen LogP contribution in [-0.2, 0) is 0 Å². The normalized spacial score (nSPS) is 24.8. The lowest BCUT2D eigenvalue weighted by molar-refractivity contribution is 0.193. The highest BCUT2D eigenvalue weighted by atomic mass is 16.2. The van der Waals surface area contributed by atoms with E-state index in [1.807, 2.05) is 12.1 Å². The summed E-state index contributed by atoms with van der Waals surface area (Å²) in [5.74, 6) is 0. The Bertz CT molecular complexity index is 568. The molecule has 3 N–H and O–H groups in total. The molecule has 0 radical (unpaired) electrons. The number of benzene rings is 1. The Morgan fingerprint density at radius 2 is 1.80 bits per heavy atom. The number of hydrogen-bond donors (Lipinski definition) is 3. The van der Waals surface area contributed by atoms with Gasteiger partial charge in [-0.1, -0.05) is 18.6 Å². The Balaban J connectivity index is 1.49. The van der Waals surface area contributed by atoms with E-state index >= 15 is 0 Å². The van der Waals surface area contributed by atoms with Crippen LogP contribution in [0.25, 0.3) is 0 Å². The minimum Gasteiger partial charge on any atom is -0.335 e. The second-order valence-electron chi connectivity index (χ2n) is 7.86. The number of carbonyl (C=O) groups is 1. The number of amides is 2. The summed E-state index contributed by atoms with van der Waals surface area (Å²) in [7, 11) is 4.36. The van der Waals surface area contributed by atoms with Crippen molar-refractivity contribution in [2.75, 3.05) is 19.4 Å². The molecule has 2 aliphatic carbocycles. The maximum atomic E-state index is 11.8. The Hall–Kier alpha value is -1.59. The van der Waals surface area contributed by atoms with Gasteiger partial charge in [-0.05, 0) is 70.8 Å². The van der Waals surface area contributed by atoms with E-state index in [1.165, 1.54) is 31.2 Å². The second-order valence-corrected chi connectivity index (χ2v) is 7.86. The lowest BCUT2D eigenvalue weighted by Crippen LogP contribution is -2.42. The van der Waals surface area contributed by atoms with Gasteiger partial charge in [-0.3, -0.25) is 0 Å². The van der Waals surface area contributed by atoms with Crippen LogP contribution in [0.5, 0.6) is 0 Å². The summed E-state index contributed by atoms with van der Waals surface area (Å²) in [6.45, 7) is 2.22. The van der Waals surface area contributed by atoms with Gasteiger partial charge in [0.2, 0.25) is 0 Å². The number of nitrogens with one attached hydrogen (secondary N) is 3. The fourth-order valence-electron chi connectivity index (χ4n) is 3.67. The van der Waals surface area contributed by atoms with E-state index in [-0.39, 0.29) is 6.03 Å². The molecule has 1 aromatic rings. The quantitative estimate of drug-likeness (QED) is 0.740. The third-order valence-corrected chi connectivity index (χ3v) is 5.44. The van der Waals surface area contributed by atoms with E-state index in [0.717, 1.165) is 18.5 Å². The summed E-state index contributed by atoms with van der Waals surface area (Å²) < 4.78 is 0. The van der Waals surface area contributed by atoms with Gasteiger partial charge < -0.3 is 20.9 Å². The zero-order valence-corrected chi connectivity index (χ0v) is 15.7. The van der Waals surface area contributed by atoms with Crippen molar-refractivity contribution in [2.45, 2.75) is 69.6 Å². The van der Waals surface area contributed by atoms with Gasteiger partial charge in [0.15, 0.2) is 0 Å². The monoisotopic (exact) mass is 344 g/mol. The molecular formula is C20H32N4O. The molecule has 2 fully saturated rings. The molecule has 3 atom stereocenters. The van der Waals surface area contributed by atoms with Gasteiger partial charge in [0.05, 0.1) is 0 Å². The number of anilines is 1. The van der Waals surface area contributed by atoms with Crippen molar-refractivity contribution in [2.24, 2.45) is 0 Å². The van der Waals surface area contributed by atoms with Gasteiger partial charge in [0.1, 0.15) is 0 Å². The highest BCUT2D eigenvalue weighted by molar-refractivity contribution is 5.89. The topological polar surface area (TPSA) is 56.4 Å². The third-order valence-electron chi connectivity index (χ3n) is 5.44. The maximum Gasteiger partial charge on any atom is 0.319 e. The average Bonchev–Trinajstić information content (AvgIpc) is 3.39. The number of urea groups is 1. The first-order valence-electron chi connectivity index (χ1n) is 9.61. The SMILES string of the molecule is C[C@H](N[C@H]1CCC[C@@H](N(C)C)C1)c1ccc(NC(=O)NC2CC2)cc1. The summed E-state index contributed by atoms with van der Waals surface area (Å²) >= 11 is 0. The van der Waals surface area contributed by atoms with Gasteiger partial charge in [-0.15, -0.1) is 0 Å². The van der Waals surface area contributed by atoms with Crippen molar-refractivity contribution in [3.63, 3.8) is 0 Å². The average molecular weight is 345 g/mol. The molecule has 1 aromatic carbocycles. The Morgan fingerprint density at radius 3 is 2.44 bits per heavy atom. The third kappa shape index (κ3) is 5.44. The maximum absolute atomic E-state index is 11.8. The Kier molecular flexibility index (Phi) is 5.97. The molecule has 5 nitrogen and oxygen atoms in total. The smallest absolute Gasteiger partial charge is 0.319 e. The standard InChI is InChI=1S/C20H32N4O/c1-14(21-18-5-4-6-19(13-18)24(2)3)15-7-9-16(10-8-15)22-20(25)23-17-11-12-17/h7-10,14,17-19,21H,4-6,11-13H2,1-3H3,(H2,22,23,25)/t14-,18-,19+/m0/s1. The van der Waals surface area contributed by atoms with Crippen molar-refractivity contribution < 1.29 is 4.79 Å². The second kappa shape index (κ2) is 8.19. The van der Waals surface area contributed by atoms with Crippen LogP contribution in [-0.4, -0.2) is 43.2 Å². The Labute approximate surface area is 151 Å².